The highest BCUT2D eigenvalue weighted by Gasteiger charge is 2.20. The molecule has 1 aromatic carbocycles. The van der Waals surface area contributed by atoms with Crippen LogP contribution in [-0.4, -0.2) is 32.9 Å². The molecule has 0 radical (unpaired) electrons. The Kier molecular flexibility index (Phi) is 4.20. The third-order valence-electron chi connectivity index (χ3n) is 3.58. The number of nitrogens with one attached hydrogen (secondary N) is 1. The van der Waals surface area contributed by atoms with Crippen molar-refractivity contribution in [2.24, 2.45) is 0 Å². The van der Waals surface area contributed by atoms with Gasteiger partial charge in [0.05, 0.1) is 5.69 Å². The van der Waals surface area contributed by atoms with Crippen LogP contribution < -0.4 is 0 Å². The molecule has 0 fully saturated rings. The number of rotatable bonds is 5. The lowest BCUT2D eigenvalue weighted by molar-refractivity contribution is 0.0478. The van der Waals surface area contributed by atoms with Gasteiger partial charge in [0.2, 0.25) is 5.78 Å². The van der Waals surface area contributed by atoms with Gasteiger partial charge in [0.25, 0.3) is 0 Å². The lowest BCUT2D eigenvalue weighted by atomic mass is 10.1. The Morgan fingerprint density at radius 1 is 1.30 bits per heavy atom. The largest absolute Gasteiger partial charge is 0.453 e. The molecule has 0 amide bonds. The molecule has 0 saturated carbocycles. The van der Waals surface area contributed by atoms with E-state index in [-0.39, 0.29) is 12.4 Å². The van der Waals surface area contributed by atoms with E-state index in [2.05, 4.69) is 14.6 Å². The van der Waals surface area contributed by atoms with Crippen molar-refractivity contribution in [1.82, 2.24) is 14.6 Å². The number of hydrogen-bond donors (Lipinski definition) is 1. The van der Waals surface area contributed by atoms with Gasteiger partial charge in [-0.2, -0.15) is 0 Å². The molecule has 6 nitrogen and oxygen atoms in total. The fourth-order valence-electron chi connectivity index (χ4n) is 2.50. The highest BCUT2D eigenvalue weighted by Crippen LogP contribution is 2.22. The number of H-pyrrole nitrogens is 1. The minimum atomic E-state index is -0.553. The standard InChI is InChI=1S/C16H15N3O3S/c1-3-11-15(23-19-18-11)16(21)22-8-13(20)14-9(2)17-12-7-5-4-6-10(12)14/h4-7,17H,3,8H2,1-2H3. The van der Waals surface area contributed by atoms with Crippen LogP contribution in [0, 0.1) is 6.92 Å². The quantitative estimate of drug-likeness (QED) is 0.574. The highest BCUT2D eigenvalue weighted by atomic mass is 32.1. The number of carbonyl (C=O) groups is 2. The zero-order valence-corrected chi connectivity index (χ0v) is 13.6. The van der Waals surface area contributed by atoms with Gasteiger partial charge in [-0.3, -0.25) is 4.79 Å². The van der Waals surface area contributed by atoms with Gasteiger partial charge in [-0.1, -0.05) is 29.6 Å². The summed E-state index contributed by atoms with van der Waals surface area (Å²) in [5.74, 6) is -0.786. The number of Topliss-reactive ketones (excluding diaryl/α,β-unsaturated/α-hetero) is 1. The van der Waals surface area contributed by atoms with Gasteiger partial charge in [-0.15, -0.1) is 5.10 Å². The maximum atomic E-state index is 12.4. The summed E-state index contributed by atoms with van der Waals surface area (Å²) < 4.78 is 8.89. The van der Waals surface area contributed by atoms with Crippen LogP contribution in [0.4, 0.5) is 0 Å². The Balaban J connectivity index is 1.77. The molecule has 23 heavy (non-hydrogen) atoms. The Morgan fingerprint density at radius 2 is 2.09 bits per heavy atom. The smallest absolute Gasteiger partial charge is 0.352 e. The van der Waals surface area contributed by atoms with Crippen LogP contribution in [0.1, 0.15) is 38.3 Å². The van der Waals surface area contributed by atoms with Gasteiger partial charge in [-0.05, 0) is 30.9 Å². The summed E-state index contributed by atoms with van der Waals surface area (Å²) >= 11 is 0.984. The molecule has 0 saturated heterocycles. The second kappa shape index (κ2) is 6.29. The molecule has 0 aliphatic carbocycles. The van der Waals surface area contributed by atoms with Crippen molar-refractivity contribution >= 4 is 34.2 Å². The van der Waals surface area contributed by atoms with Crippen molar-refractivity contribution in [3.63, 3.8) is 0 Å². The molecule has 118 valence electrons. The average molecular weight is 329 g/mol. The molecule has 3 rings (SSSR count). The molecule has 3 aromatic rings. The minimum absolute atomic E-state index is 0.233. The number of hydrogen-bond acceptors (Lipinski definition) is 6. The molecule has 0 atom stereocenters. The van der Waals surface area contributed by atoms with Crippen LogP contribution in [0.25, 0.3) is 10.9 Å². The van der Waals surface area contributed by atoms with E-state index in [1.807, 2.05) is 38.1 Å². The number of carbonyl (C=O) groups excluding carboxylic acids is 2. The number of benzene rings is 1. The number of ether oxygens (including phenoxy) is 1. The molecule has 1 N–H and O–H groups in total. The van der Waals surface area contributed by atoms with Crippen molar-refractivity contribution in [2.75, 3.05) is 6.61 Å². The summed E-state index contributed by atoms with van der Waals surface area (Å²) in [6.07, 6.45) is 0.594. The van der Waals surface area contributed by atoms with Crippen molar-refractivity contribution in [1.29, 1.82) is 0 Å². The van der Waals surface area contributed by atoms with Gasteiger partial charge >= 0.3 is 5.97 Å². The van der Waals surface area contributed by atoms with Crippen LogP contribution in [0.3, 0.4) is 0 Å². The van der Waals surface area contributed by atoms with Crippen LogP contribution in [0.2, 0.25) is 0 Å². The van der Waals surface area contributed by atoms with Crippen molar-refractivity contribution in [2.45, 2.75) is 20.3 Å². The summed E-state index contributed by atoms with van der Waals surface area (Å²) in [4.78, 5) is 28.0. The molecule has 0 aliphatic rings. The lowest BCUT2D eigenvalue weighted by Crippen LogP contribution is -2.15. The van der Waals surface area contributed by atoms with Gasteiger partial charge in [0.15, 0.2) is 11.5 Å². The van der Waals surface area contributed by atoms with E-state index in [0.29, 0.717) is 22.6 Å². The number of fused-ring (bicyclic) bond motifs is 1. The first-order chi connectivity index (χ1) is 11.1. The molecule has 0 aliphatic heterocycles. The maximum absolute atomic E-state index is 12.4. The minimum Gasteiger partial charge on any atom is -0.453 e. The van der Waals surface area contributed by atoms with E-state index in [1.54, 1.807) is 0 Å². The number of aryl methyl sites for hydroxylation is 2. The van der Waals surface area contributed by atoms with E-state index >= 15 is 0 Å². The molecule has 0 unspecified atom stereocenters. The van der Waals surface area contributed by atoms with Crippen LogP contribution in [0.5, 0.6) is 0 Å². The normalized spacial score (nSPS) is 10.9. The molecule has 2 heterocycles. The first-order valence-corrected chi connectivity index (χ1v) is 7.98. The second-order valence-corrected chi connectivity index (χ2v) is 5.83. The number of aromatic amines is 1. The van der Waals surface area contributed by atoms with Gasteiger partial charge < -0.3 is 9.72 Å². The Bertz CT molecular complexity index is 882. The topological polar surface area (TPSA) is 84.9 Å². The lowest BCUT2D eigenvalue weighted by Gasteiger charge is -2.04. The number of esters is 1. The molecule has 7 heteroatoms. The predicted molar refractivity (Wildman–Crippen MR) is 86.9 cm³/mol. The van der Waals surface area contributed by atoms with Crippen molar-refractivity contribution in [3.05, 3.63) is 46.1 Å². The van der Waals surface area contributed by atoms with Gasteiger partial charge in [0, 0.05) is 22.2 Å². The molecule has 0 bridgehead atoms. The highest BCUT2D eigenvalue weighted by molar-refractivity contribution is 7.07. The third kappa shape index (κ3) is 2.87. The molecule has 0 spiro atoms. The van der Waals surface area contributed by atoms with E-state index < -0.39 is 5.97 Å². The number of para-hydroxylation sites is 1. The Labute approximate surface area is 136 Å². The van der Waals surface area contributed by atoms with Crippen molar-refractivity contribution in [3.8, 4) is 0 Å². The van der Waals surface area contributed by atoms with E-state index in [4.69, 9.17) is 4.74 Å². The van der Waals surface area contributed by atoms with E-state index in [1.165, 1.54) is 0 Å². The summed E-state index contributed by atoms with van der Waals surface area (Å²) in [7, 11) is 0. The second-order valence-electron chi connectivity index (χ2n) is 5.07. The Morgan fingerprint density at radius 3 is 2.87 bits per heavy atom. The average Bonchev–Trinajstić information content (AvgIpc) is 3.15. The number of nitrogens with zero attached hydrogens (tertiary/aromatic N) is 2. The summed E-state index contributed by atoms with van der Waals surface area (Å²) in [6.45, 7) is 3.41. The monoisotopic (exact) mass is 329 g/mol. The number of aromatic nitrogens is 3. The van der Waals surface area contributed by atoms with Crippen LogP contribution in [0.15, 0.2) is 24.3 Å². The van der Waals surface area contributed by atoms with Crippen LogP contribution in [-0.2, 0) is 11.2 Å². The summed E-state index contributed by atoms with van der Waals surface area (Å²) in [6, 6.07) is 7.54. The fraction of sp³-hybridized carbons (Fsp3) is 0.250. The predicted octanol–water partition coefficient (Wildman–Crippen LogP) is 2.93. The first kappa shape index (κ1) is 15.4. The maximum Gasteiger partial charge on any atom is 0.352 e. The van der Waals surface area contributed by atoms with Gasteiger partial charge in [-0.25, -0.2) is 4.79 Å². The molecular weight excluding hydrogens is 314 g/mol. The summed E-state index contributed by atoms with van der Waals surface area (Å²) in [5.41, 5.74) is 2.81. The van der Waals surface area contributed by atoms with E-state index in [9.17, 15) is 9.59 Å². The molecular formula is C16H15N3O3S. The van der Waals surface area contributed by atoms with E-state index in [0.717, 1.165) is 28.1 Å². The van der Waals surface area contributed by atoms with Crippen LogP contribution >= 0.6 is 11.5 Å². The SMILES string of the molecule is CCc1nnsc1C(=O)OCC(=O)c1c(C)[nH]c2ccccc12. The number of ketones is 1. The van der Waals surface area contributed by atoms with Crippen molar-refractivity contribution < 1.29 is 14.3 Å². The zero-order chi connectivity index (χ0) is 16.4. The zero-order valence-electron chi connectivity index (χ0n) is 12.8. The van der Waals surface area contributed by atoms with Gasteiger partial charge in [0.1, 0.15) is 0 Å². The fourth-order valence-corrected chi connectivity index (χ4v) is 3.14. The third-order valence-corrected chi connectivity index (χ3v) is 4.33. The first-order valence-electron chi connectivity index (χ1n) is 7.20. The summed E-state index contributed by atoms with van der Waals surface area (Å²) in [5, 5.41) is 4.70. The molecule has 2 aromatic heterocycles. The Hall–Kier alpha value is -2.54.